The number of nitrogens with one attached hydrogen (secondary N) is 1. The molecule has 26 heavy (non-hydrogen) atoms. The third-order valence-electron chi connectivity index (χ3n) is 4.25. The molecule has 3 rings (SSSR count). The maximum Gasteiger partial charge on any atom is 0.0723 e. The molecule has 3 aromatic rings. The van der Waals surface area contributed by atoms with E-state index in [1.54, 1.807) is 0 Å². The van der Waals surface area contributed by atoms with Crippen molar-refractivity contribution in [3.05, 3.63) is 64.6 Å². The lowest BCUT2D eigenvalue weighted by molar-refractivity contribution is 0.616. The number of benzene rings is 2. The predicted octanol–water partition coefficient (Wildman–Crippen LogP) is 7.53. The second-order valence-electron chi connectivity index (χ2n) is 7.07. The minimum Gasteiger partial charge on any atom is -0.381 e. The molecule has 1 aromatic heterocycles. The van der Waals surface area contributed by atoms with Gasteiger partial charge in [-0.3, -0.25) is 0 Å². The van der Waals surface area contributed by atoms with Gasteiger partial charge in [-0.05, 0) is 63.6 Å². The van der Waals surface area contributed by atoms with E-state index in [0.717, 1.165) is 26.9 Å². The molecule has 0 radical (unpaired) electrons. The smallest absolute Gasteiger partial charge is 0.0723 e. The molecular weight excluding hydrogens is 363 g/mol. The summed E-state index contributed by atoms with van der Waals surface area (Å²) >= 11 is 12.2. The summed E-state index contributed by atoms with van der Waals surface area (Å²) in [5.41, 5.74) is 5.77. The molecule has 0 atom stereocenters. The zero-order chi connectivity index (χ0) is 18.8. The van der Waals surface area contributed by atoms with E-state index >= 15 is 0 Å². The van der Waals surface area contributed by atoms with Crippen molar-refractivity contribution in [2.45, 2.75) is 39.8 Å². The van der Waals surface area contributed by atoms with E-state index in [1.807, 2.05) is 24.3 Å². The van der Waals surface area contributed by atoms with Crippen LogP contribution in [0.15, 0.2) is 54.6 Å². The highest BCUT2D eigenvalue weighted by Crippen LogP contribution is 2.39. The molecule has 2 aromatic carbocycles. The van der Waals surface area contributed by atoms with Gasteiger partial charge in [-0.15, -0.1) is 0 Å². The first kappa shape index (κ1) is 18.9. The number of aromatic nitrogens is 1. The maximum absolute atomic E-state index is 6.11. The molecule has 0 aliphatic carbocycles. The summed E-state index contributed by atoms with van der Waals surface area (Å²) in [6.45, 7) is 8.72. The fourth-order valence-corrected chi connectivity index (χ4v) is 3.48. The van der Waals surface area contributed by atoms with Crippen molar-refractivity contribution in [1.82, 2.24) is 4.57 Å². The van der Waals surface area contributed by atoms with Crippen molar-refractivity contribution in [3.8, 4) is 22.5 Å². The van der Waals surface area contributed by atoms with Crippen LogP contribution in [-0.2, 0) is 0 Å². The first-order valence-electron chi connectivity index (χ1n) is 8.90. The number of nitrogens with zero attached hydrogens (tertiary/aromatic N) is 1. The Hall–Kier alpha value is -1.90. The Labute approximate surface area is 165 Å². The Morgan fingerprint density at radius 3 is 1.73 bits per heavy atom. The lowest BCUT2D eigenvalue weighted by Crippen LogP contribution is -2.11. The minimum absolute atomic E-state index is 0.300. The molecule has 0 saturated heterocycles. The maximum atomic E-state index is 6.11. The van der Waals surface area contributed by atoms with E-state index < -0.39 is 0 Å². The van der Waals surface area contributed by atoms with Crippen LogP contribution in [0.5, 0.6) is 0 Å². The Bertz CT molecular complexity index is 876. The lowest BCUT2D eigenvalue weighted by Gasteiger charge is -2.19. The fourth-order valence-electron chi connectivity index (χ4n) is 3.23. The molecule has 2 nitrogen and oxygen atoms in total. The van der Waals surface area contributed by atoms with E-state index in [-0.39, 0.29) is 0 Å². The van der Waals surface area contributed by atoms with Crippen LogP contribution in [0.3, 0.4) is 0 Å². The van der Waals surface area contributed by atoms with E-state index in [4.69, 9.17) is 23.2 Å². The van der Waals surface area contributed by atoms with Crippen LogP contribution in [0, 0.1) is 0 Å². The van der Waals surface area contributed by atoms with E-state index in [9.17, 15) is 0 Å². The van der Waals surface area contributed by atoms with Crippen molar-refractivity contribution in [2.75, 3.05) is 5.32 Å². The van der Waals surface area contributed by atoms with Gasteiger partial charge < -0.3 is 9.88 Å². The molecule has 0 aliphatic rings. The molecule has 0 spiro atoms. The second-order valence-corrected chi connectivity index (χ2v) is 7.94. The van der Waals surface area contributed by atoms with Gasteiger partial charge in [0, 0.05) is 27.7 Å². The highest BCUT2D eigenvalue weighted by molar-refractivity contribution is 6.30. The van der Waals surface area contributed by atoms with Crippen LogP contribution in [-0.4, -0.2) is 10.6 Å². The minimum atomic E-state index is 0.300. The number of anilines is 1. The largest absolute Gasteiger partial charge is 0.381 e. The lowest BCUT2D eigenvalue weighted by atomic mass is 10.1. The van der Waals surface area contributed by atoms with Crippen molar-refractivity contribution < 1.29 is 0 Å². The summed E-state index contributed by atoms with van der Waals surface area (Å²) in [6.07, 6.45) is 0. The van der Waals surface area contributed by atoms with Crippen LogP contribution >= 0.6 is 23.2 Å². The van der Waals surface area contributed by atoms with Gasteiger partial charge >= 0.3 is 0 Å². The molecular formula is C22H24Cl2N2. The first-order valence-corrected chi connectivity index (χ1v) is 9.66. The zero-order valence-electron chi connectivity index (χ0n) is 15.6. The standard InChI is InChI=1S/C22H24Cl2N2/c1-14(2)25-20-13-21(16-5-9-18(23)10-6-16)26(15(3)4)22(20)17-7-11-19(24)12-8-17/h5-15,25H,1-4H3. The summed E-state index contributed by atoms with van der Waals surface area (Å²) in [5, 5.41) is 5.09. The molecule has 4 heteroatoms. The number of hydrogen-bond donors (Lipinski definition) is 1. The van der Waals surface area contributed by atoms with Crippen molar-refractivity contribution in [1.29, 1.82) is 0 Å². The highest BCUT2D eigenvalue weighted by Gasteiger charge is 2.20. The molecule has 0 saturated carbocycles. The Kier molecular flexibility index (Phi) is 5.64. The zero-order valence-corrected chi connectivity index (χ0v) is 17.1. The van der Waals surface area contributed by atoms with Crippen molar-refractivity contribution in [3.63, 3.8) is 0 Å². The molecule has 1 heterocycles. The second kappa shape index (κ2) is 7.77. The third-order valence-corrected chi connectivity index (χ3v) is 4.76. The number of hydrogen-bond acceptors (Lipinski definition) is 1. The van der Waals surface area contributed by atoms with Gasteiger partial charge in [0.25, 0.3) is 0 Å². The van der Waals surface area contributed by atoms with E-state index in [2.05, 4.69) is 67.9 Å². The normalized spacial score (nSPS) is 11.4. The summed E-state index contributed by atoms with van der Waals surface area (Å²) in [4.78, 5) is 0. The van der Waals surface area contributed by atoms with Crippen LogP contribution in [0.1, 0.15) is 33.7 Å². The molecule has 136 valence electrons. The van der Waals surface area contributed by atoms with Crippen LogP contribution in [0.25, 0.3) is 22.5 Å². The third kappa shape index (κ3) is 3.92. The topological polar surface area (TPSA) is 17.0 Å². The average Bonchev–Trinajstić information content (AvgIpc) is 2.95. The van der Waals surface area contributed by atoms with E-state index in [1.165, 1.54) is 11.4 Å². The summed E-state index contributed by atoms with van der Waals surface area (Å²) in [5.74, 6) is 0. The number of rotatable bonds is 5. The van der Waals surface area contributed by atoms with Crippen molar-refractivity contribution >= 4 is 28.9 Å². The van der Waals surface area contributed by atoms with Gasteiger partial charge in [0.1, 0.15) is 0 Å². The average molecular weight is 387 g/mol. The van der Waals surface area contributed by atoms with Crippen LogP contribution < -0.4 is 5.32 Å². The van der Waals surface area contributed by atoms with Gasteiger partial charge in [-0.1, -0.05) is 47.5 Å². The molecule has 0 bridgehead atoms. The van der Waals surface area contributed by atoms with Crippen LogP contribution in [0.4, 0.5) is 5.69 Å². The number of halogens is 2. The summed E-state index contributed by atoms with van der Waals surface area (Å²) in [7, 11) is 0. The van der Waals surface area contributed by atoms with Gasteiger partial charge in [0.2, 0.25) is 0 Å². The SMILES string of the molecule is CC(C)Nc1cc(-c2ccc(Cl)cc2)n(C(C)C)c1-c1ccc(Cl)cc1. The summed E-state index contributed by atoms with van der Waals surface area (Å²) < 4.78 is 2.37. The van der Waals surface area contributed by atoms with Gasteiger partial charge in [-0.25, -0.2) is 0 Å². The van der Waals surface area contributed by atoms with Crippen molar-refractivity contribution in [2.24, 2.45) is 0 Å². The van der Waals surface area contributed by atoms with Gasteiger partial charge in [-0.2, -0.15) is 0 Å². The molecule has 0 fully saturated rings. The fraction of sp³-hybridized carbons (Fsp3) is 0.273. The van der Waals surface area contributed by atoms with Gasteiger partial charge in [0.05, 0.1) is 17.1 Å². The first-order chi connectivity index (χ1) is 12.4. The predicted molar refractivity (Wildman–Crippen MR) is 114 cm³/mol. The Morgan fingerprint density at radius 2 is 1.27 bits per heavy atom. The Morgan fingerprint density at radius 1 is 0.769 bits per heavy atom. The van der Waals surface area contributed by atoms with E-state index in [0.29, 0.717) is 12.1 Å². The highest BCUT2D eigenvalue weighted by atomic mass is 35.5. The monoisotopic (exact) mass is 386 g/mol. The van der Waals surface area contributed by atoms with Gasteiger partial charge in [0.15, 0.2) is 0 Å². The molecule has 0 aliphatic heterocycles. The summed E-state index contributed by atoms with van der Waals surface area (Å²) in [6, 6.07) is 18.9. The molecule has 1 N–H and O–H groups in total. The Balaban J connectivity index is 2.25. The molecule has 0 amide bonds. The van der Waals surface area contributed by atoms with Crippen LogP contribution in [0.2, 0.25) is 10.0 Å². The molecule has 0 unspecified atom stereocenters. The quantitative estimate of drug-likeness (QED) is 0.479.